The summed E-state index contributed by atoms with van der Waals surface area (Å²) in [4.78, 5) is 8.56. The summed E-state index contributed by atoms with van der Waals surface area (Å²) in [5.41, 5.74) is 0. The molecule has 32 valence electrons. The van der Waals surface area contributed by atoms with Crippen molar-refractivity contribution in [3.8, 4) is 0 Å². The number of hydrogen-bond donors (Lipinski definition) is 2. The third-order valence-corrected chi connectivity index (χ3v) is 0. The van der Waals surface area contributed by atoms with Crippen LogP contribution in [0.2, 0.25) is 0 Å². The van der Waals surface area contributed by atoms with Gasteiger partial charge < -0.3 is 10.2 Å². The topological polar surface area (TPSA) is 57.5 Å². The summed E-state index contributed by atoms with van der Waals surface area (Å²) in [6, 6.07) is 0. The van der Waals surface area contributed by atoms with E-state index in [9.17, 15) is 0 Å². The van der Waals surface area contributed by atoms with Crippen molar-refractivity contribution in [1.82, 2.24) is 0 Å². The van der Waals surface area contributed by atoms with Gasteiger partial charge in [-0.1, -0.05) is 0 Å². The van der Waals surface area contributed by atoms with Crippen molar-refractivity contribution in [2.75, 3.05) is 0 Å². The van der Waals surface area contributed by atoms with Crippen LogP contribution in [0, 0.1) is 0 Å². The molecule has 0 aromatic carbocycles. The average molecular weight is 118 g/mol. The van der Waals surface area contributed by atoms with E-state index in [0.717, 1.165) is 0 Å². The SMILES string of the molecule is O=C(O)O.[Fe]. The van der Waals surface area contributed by atoms with Crippen molar-refractivity contribution in [2.45, 2.75) is 0 Å². The Morgan fingerprint density at radius 3 is 1.40 bits per heavy atom. The van der Waals surface area contributed by atoms with Crippen molar-refractivity contribution in [1.29, 1.82) is 0 Å². The van der Waals surface area contributed by atoms with Crippen molar-refractivity contribution in [3.05, 3.63) is 0 Å². The van der Waals surface area contributed by atoms with Gasteiger partial charge in [-0.05, 0) is 0 Å². The molecular weight excluding hydrogens is 116 g/mol. The minimum Gasteiger partial charge on any atom is -0.450 e. The fourth-order valence-corrected chi connectivity index (χ4v) is 0. The van der Waals surface area contributed by atoms with Gasteiger partial charge in [0.05, 0.1) is 0 Å². The van der Waals surface area contributed by atoms with Gasteiger partial charge in [0.25, 0.3) is 0 Å². The summed E-state index contributed by atoms with van der Waals surface area (Å²) >= 11 is 0. The summed E-state index contributed by atoms with van der Waals surface area (Å²) < 4.78 is 0. The van der Waals surface area contributed by atoms with Crippen molar-refractivity contribution in [2.24, 2.45) is 0 Å². The number of carboxylic acid groups (broad SMARTS) is 2. The van der Waals surface area contributed by atoms with Crippen LogP contribution in [0.5, 0.6) is 0 Å². The Balaban J connectivity index is 0. The van der Waals surface area contributed by atoms with Crippen LogP contribution >= 0.6 is 0 Å². The predicted molar refractivity (Wildman–Crippen MR) is 10.7 cm³/mol. The third-order valence-electron chi connectivity index (χ3n) is 0. The monoisotopic (exact) mass is 118 g/mol. The van der Waals surface area contributed by atoms with Gasteiger partial charge in [-0.2, -0.15) is 0 Å². The summed E-state index contributed by atoms with van der Waals surface area (Å²) in [6.45, 7) is 0. The maximum atomic E-state index is 8.56. The molecule has 0 amide bonds. The third kappa shape index (κ3) is 274. The zero-order chi connectivity index (χ0) is 3.58. The predicted octanol–water partition coefficient (Wildman–Crippen LogP) is 0.220. The molecule has 0 saturated heterocycles. The molecule has 0 aromatic rings. The summed E-state index contributed by atoms with van der Waals surface area (Å²) in [7, 11) is 0. The van der Waals surface area contributed by atoms with Crippen LogP contribution in [0.25, 0.3) is 0 Å². The van der Waals surface area contributed by atoms with Gasteiger partial charge in [-0.3, -0.25) is 0 Å². The molecule has 0 saturated carbocycles. The zero-order valence-electron chi connectivity index (χ0n) is 2.16. The summed E-state index contributed by atoms with van der Waals surface area (Å²) in [5.74, 6) is 0. The molecule has 0 aliphatic heterocycles. The van der Waals surface area contributed by atoms with Crippen LogP contribution in [0.3, 0.4) is 0 Å². The van der Waals surface area contributed by atoms with Crippen LogP contribution in [0.15, 0.2) is 0 Å². The van der Waals surface area contributed by atoms with Gasteiger partial charge in [0, 0.05) is 17.1 Å². The fourth-order valence-electron chi connectivity index (χ4n) is 0. The van der Waals surface area contributed by atoms with Crippen molar-refractivity contribution in [3.63, 3.8) is 0 Å². The maximum absolute atomic E-state index is 8.56. The minimum absolute atomic E-state index is 0. The molecule has 0 aliphatic rings. The van der Waals surface area contributed by atoms with E-state index >= 15 is 0 Å². The van der Waals surface area contributed by atoms with Gasteiger partial charge in [0.2, 0.25) is 0 Å². The van der Waals surface area contributed by atoms with E-state index in [1.54, 1.807) is 0 Å². The van der Waals surface area contributed by atoms with E-state index < -0.39 is 6.16 Å². The first kappa shape index (κ1) is 8.84. The Hall–Kier alpha value is -0.211. The smallest absolute Gasteiger partial charge is 0.450 e. The summed E-state index contributed by atoms with van der Waals surface area (Å²) in [6.07, 6.45) is -1.83. The van der Waals surface area contributed by atoms with E-state index in [-0.39, 0.29) is 17.1 Å². The molecule has 0 aromatic heterocycles. The molecule has 0 radical (unpaired) electrons. The Labute approximate surface area is 39.1 Å². The fraction of sp³-hybridized carbons (Fsp3) is 0. The first-order valence-electron chi connectivity index (χ1n) is 0.651. The second-order valence-electron chi connectivity index (χ2n) is 0.283. The molecule has 0 rings (SSSR count). The molecule has 0 heterocycles. The molecule has 4 heteroatoms. The van der Waals surface area contributed by atoms with Crippen LogP contribution in [0.4, 0.5) is 4.79 Å². The molecule has 0 fully saturated rings. The molecule has 0 bridgehead atoms. The van der Waals surface area contributed by atoms with Crippen molar-refractivity contribution < 1.29 is 32.1 Å². The first-order valence-corrected chi connectivity index (χ1v) is 0.651. The van der Waals surface area contributed by atoms with E-state index in [1.165, 1.54) is 0 Å². The second kappa shape index (κ2) is 3.79. The van der Waals surface area contributed by atoms with Crippen LogP contribution in [0.1, 0.15) is 0 Å². The molecule has 3 nitrogen and oxygen atoms in total. The zero-order valence-corrected chi connectivity index (χ0v) is 3.26. The number of carbonyl (C=O) groups is 1. The van der Waals surface area contributed by atoms with Crippen LogP contribution in [-0.2, 0) is 17.1 Å². The Kier molecular flexibility index (Phi) is 6.70. The molecule has 5 heavy (non-hydrogen) atoms. The normalized spacial score (nSPS) is 4.80. The van der Waals surface area contributed by atoms with Gasteiger partial charge in [0.1, 0.15) is 0 Å². The Morgan fingerprint density at radius 2 is 1.40 bits per heavy atom. The van der Waals surface area contributed by atoms with E-state index in [2.05, 4.69) is 0 Å². The molecular formula is CH2FeO3. The Morgan fingerprint density at radius 1 is 1.40 bits per heavy atom. The van der Waals surface area contributed by atoms with Crippen LogP contribution < -0.4 is 0 Å². The first-order chi connectivity index (χ1) is 1.73. The molecule has 0 atom stereocenters. The number of hydrogen-bond acceptors (Lipinski definition) is 1. The molecule has 2 N–H and O–H groups in total. The van der Waals surface area contributed by atoms with E-state index in [0.29, 0.717) is 0 Å². The van der Waals surface area contributed by atoms with Crippen LogP contribution in [-0.4, -0.2) is 16.4 Å². The van der Waals surface area contributed by atoms with Gasteiger partial charge in [-0.15, -0.1) is 0 Å². The van der Waals surface area contributed by atoms with E-state index in [1.807, 2.05) is 0 Å². The Bertz CT molecular complexity index is 29.9. The van der Waals surface area contributed by atoms with Crippen molar-refractivity contribution >= 4 is 6.16 Å². The van der Waals surface area contributed by atoms with Gasteiger partial charge in [0.15, 0.2) is 0 Å². The maximum Gasteiger partial charge on any atom is 0.503 e. The standard InChI is InChI=1S/CH2O3.Fe/c2-1(3)4;/h(H2,2,3,4);. The minimum atomic E-state index is -1.83. The van der Waals surface area contributed by atoms with Gasteiger partial charge in [-0.25, -0.2) is 4.79 Å². The summed E-state index contributed by atoms with van der Waals surface area (Å²) in [5, 5.41) is 13.9. The second-order valence-corrected chi connectivity index (χ2v) is 0.283. The van der Waals surface area contributed by atoms with E-state index in [4.69, 9.17) is 15.0 Å². The van der Waals surface area contributed by atoms with Gasteiger partial charge >= 0.3 is 6.16 Å². The molecule has 0 spiro atoms. The largest absolute Gasteiger partial charge is 0.503 e. The quantitative estimate of drug-likeness (QED) is 0.447. The average Bonchev–Trinajstić information content (AvgIpc) is 0.811. The molecule has 0 unspecified atom stereocenters. The number of rotatable bonds is 0. The molecule has 0 aliphatic carbocycles.